The molecule has 11 heteroatoms. The summed E-state index contributed by atoms with van der Waals surface area (Å²) in [7, 11) is 0. The molecule has 0 aliphatic carbocycles. The van der Waals surface area contributed by atoms with Gasteiger partial charge in [-0.2, -0.15) is 0 Å². The highest BCUT2D eigenvalue weighted by Gasteiger charge is 2.44. The second-order valence-corrected chi connectivity index (χ2v) is 23.5. The minimum Gasteiger partial charge on any atom is -0.466 e. The van der Waals surface area contributed by atoms with Crippen molar-refractivity contribution >= 4 is 11.9 Å². The molecule has 6 N–H and O–H groups in total. The van der Waals surface area contributed by atoms with Crippen LogP contribution in [-0.2, 0) is 23.8 Å². The Morgan fingerprint density at radius 1 is 0.456 bits per heavy atom. The Hall–Kier alpha value is -2.12. The van der Waals surface area contributed by atoms with E-state index in [4.69, 9.17) is 14.2 Å². The lowest BCUT2D eigenvalue weighted by Gasteiger charge is -2.40. The van der Waals surface area contributed by atoms with Crippen molar-refractivity contribution in [3.63, 3.8) is 0 Å². The van der Waals surface area contributed by atoms with Gasteiger partial charge in [-0.1, -0.05) is 269 Å². The summed E-state index contributed by atoms with van der Waals surface area (Å²) in [6, 6.07) is -0.812. The average molecular weight is 1120 g/mol. The van der Waals surface area contributed by atoms with Crippen molar-refractivity contribution in [2.45, 2.75) is 365 Å². The summed E-state index contributed by atoms with van der Waals surface area (Å²) in [6.07, 6.45) is 62.5. The maximum atomic E-state index is 13.1. The van der Waals surface area contributed by atoms with Crippen molar-refractivity contribution in [2.24, 2.45) is 0 Å². The van der Waals surface area contributed by atoms with Gasteiger partial charge in [-0.05, 0) is 77.0 Å². The van der Waals surface area contributed by atoms with Gasteiger partial charge in [0.2, 0.25) is 5.91 Å². The van der Waals surface area contributed by atoms with E-state index in [1.165, 1.54) is 238 Å². The number of ether oxygens (including phenoxy) is 3. The van der Waals surface area contributed by atoms with E-state index in [9.17, 15) is 35.1 Å². The molecule has 7 atom stereocenters. The molecular formula is C68H127NO10. The summed E-state index contributed by atoms with van der Waals surface area (Å²) in [5, 5.41) is 54.5. The van der Waals surface area contributed by atoms with E-state index in [-0.39, 0.29) is 18.5 Å². The molecule has 1 rings (SSSR count). The number of nitrogens with one attached hydrogen (secondary N) is 1. The van der Waals surface area contributed by atoms with Crippen LogP contribution in [0.5, 0.6) is 0 Å². The quantitative estimate of drug-likeness (QED) is 0.0195. The van der Waals surface area contributed by atoms with E-state index < -0.39 is 49.5 Å². The van der Waals surface area contributed by atoms with E-state index in [0.29, 0.717) is 19.4 Å². The molecule has 1 amide bonds. The zero-order chi connectivity index (χ0) is 57.3. The van der Waals surface area contributed by atoms with Crippen LogP contribution in [0, 0.1) is 0 Å². The molecule has 0 aromatic rings. The van der Waals surface area contributed by atoms with E-state index in [2.05, 4.69) is 43.5 Å². The van der Waals surface area contributed by atoms with Gasteiger partial charge in [0.05, 0.1) is 32.0 Å². The normalized spacial score (nSPS) is 18.6. The van der Waals surface area contributed by atoms with Crippen LogP contribution in [0.4, 0.5) is 0 Å². The van der Waals surface area contributed by atoms with Crippen molar-refractivity contribution in [3.05, 3.63) is 36.5 Å². The number of carbonyl (C=O) groups excluding carboxylic acids is 2. The van der Waals surface area contributed by atoms with Gasteiger partial charge < -0.3 is 45.1 Å². The standard InChI is InChI=1S/C68H127NO10/c1-3-5-7-9-11-13-15-16-31-35-38-42-46-50-54-61(71)60(59-78-68-67(76)66(75)65(74)62(58-70)79-68)69-63(72)55-51-47-43-39-36-32-29-27-25-23-21-19-17-18-20-22-24-26-28-30-33-37-41-45-49-53-57-77-64(73)56-52-48-44-40-34-14-12-10-8-6-4-2/h10,12,17,19,50,54,60-62,65-68,70-71,74-76H,3-9,11,13-16,18,20-49,51-53,55-59H2,1-2H3,(H,69,72)/b12-10-,19-17-,54-50+. The molecule has 0 aromatic heterocycles. The molecule has 1 fully saturated rings. The molecule has 11 nitrogen and oxygen atoms in total. The Balaban J connectivity index is 2.03. The average Bonchev–Trinajstić information content (AvgIpc) is 3.46. The smallest absolute Gasteiger partial charge is 0.305 e. The molecule has 0 bridgehead atoms. The van der Waals surface area contributed by atoms with Crippen LogP contribution in [-0.4, -0.2) is 100 Å². The summed E-state index contributed by atoms with van der Waals surface area (Å²) in [5.74, 6) is -0.189. The number of hydrogen-bond acceptors (Lipinski definition) is 10. The number of hydrogen-bond donors (Lipinski definition) is 6. The first-order chi connectivity index (χ1) is 38.7. The molecule has 0 saturated carbocycles. The molecule has 1 saturated heterocycles. The summed E-state index contributed by atoms with van der Waals surface area (Å²) >= 11 is 0. The molecule has 1 aliphatic heterocycles. The number of allylic oxidation sites excluding steroid dienone is 5. The fourth-order valence-electron chi connectivity index (χ4n) is 10.6. The molecule has 1 aliphatic rings. The van der Waals surface area contributed by atoms with Gasteiger partial charge >= 0.3 is 5.97 Å². The highest BCUT2D eigenvalue weighted by molar-refractivity contribution is 5.76. The fourth-order valence-corrected chi connectivity index (χ4v) is 10.6. The third kappa shape index (κ3) is 47.0. The van der Waals surface area contributed by atoms with Crippen LogP contribution in [0.1, 0.15) is 322 Å². The van der Waals surface area contributed by atoms with Crippen molar-refractivity contribution in [2.75, 3.05) is 19.8 Å². The molecule has 7 unspecified atom stereocenters. The zero-order valence-corrected chi connectivity index (χ0v) is 51.3. The van der Waals surface area contributed by atoms with Crippen LogP contribution in [0.15, 0.2) is 36.5 Å². The number of rotatable bonds is 59. The second kappa shape index (κ2) is 57.7. The van der Waals surface area contributed by atoms with Gasteiger partial charge in [-0.3, -0.25) is 9.59 Å². The Labute approximate surface area is 485 Å². The van der Waals surface area contributed by atoms with Gasteiger partial charge in [0, 0.05) is 12.8 Å². The Bertz CT molecular complexity index is 1410. The van der Waals surface area contributed by atoms with E-state index in [0.717, 1.165) is 57.8 Å². The van der Waals surface area contributed by atoms with Crippen molar-refractivity contribution in [1.82, 2.24) is 5.32 Å². The van der Waals surface area contributed by atoms with Crippen LogP contribution in [0.2, 0.25) is 0 Å². The maximum absolute atomic E-state index is 13.1. The fraction of sp³-hybridized carbons (Fsp3) is 0.882. The van der Waals surface area contributed by atoms with Crippen LogP contribution < -0.4 is 5.32 Å². The lowest BCUT2D eigenvalue weighted by Crippen LogP contribution is -2.60. The summed E-state index contributed by atoms with van der Waals surface area (Å²) < 4.78 is 16.7. The molecule has 0 radical (unpaired) electrons. The van der Waals surface area contributed by atoms with Crippen molar-refractivity contribution in [1.29, 1.82) is 0 Å². The van der Waals surface area contributed by atoms with Gasteiger partial charge in [-0.25, -0.2) is 0 Å². The summed E-state index contributed by atoms with van der Waals surface area (Å²) in [5.41, 5.74) is 0. The zero-order valence-electron chi connectivity index (χ0n) is 51.3. The van der Waals surface area contributed by atoms with Gasteiger partial charge in [-0.15, -0.1) is 0 Å². The lowest BCUT2D eigenvalue weighted by atomic mass is 9.99. The Kier molecular flexibility index (Phi) is 54.7. The molecule has 464 valence electrons. The van der Waals surface area contributed by atoms with E-state index in [1.54, 1.807) is 6.08 Å². The van der Waals surface area contributed by atoms with Gasteiger partial charge in [0.25, 0.3) is 0 Å². The topological polar surface area (TPSA) is 175 Å². The minimum atomic E-state index is -1.57. The third-order valence-electron chi connectivity index (χ3n) is 16.0. The van der Waals surface area contributed by atoms with Gasteiger partial charge in [0.1, 0.15) is 24.4 Å². The number of aliphatic hydroxyl groups is 5. The van der Waals surface area contributed by atoms with Crippen LogP contribution >= 0.6 is 0 Å². The number of amides is 1. The number of esters is 1. The largest absolute Gasteiger partial charge is 0.466 e. The Morgan fingerprint density at radius 3 is 1.25 bits per heavy atom. The maximum Gasteiger partial charge on any atom is 0.305 e. The second-order valence-electron chi connectivity index (χ2n) is 23.5. The molecule has 0 aromatic carbocycles. The lowest BCUT2D eigenvalue weighted by molar-refractivity contribution is -0.302. The summed E-state index contributed by atoms with van der Waals surface area (Å²) in [4.78, 5) is 25.1. The molecular weight excluding hydrogens is 991 g/mol. The third-order valence-corrected chi connectivity index (χ3v) is 16.0. The predicted octanol–water partition coefficient (Wildman–Crippen LogP) is 16.6. The molecule has 1 heterocycles. The van der Waals surface area contributed by atoms with Crippen molar-refractivity contribution in [3.8, 4) is 0 Å². The van der Waals surface area contributed by atoms with Crippen molar-refractivity contribution < 1.29 is 49.3 Å². The highest BCUT2D eigenvalue weighted by Crippen LogP contribution is 2.23. The van der Waals surface area contributed by atoms with Gasteiger partial charge in [0.15, 0.2) is 6.29 Å². The molecule has 0 spiro atoms. The number of unbranched alkanes of at least 4 members (excludes halogenated alkanes) is 41. The van der Waals surface area contributed by atoms with E-state index in [1.807, 2.05) is 6.08 Å². The van der Waals surface area contributed by atoms with Crippen LogP contribution in [0.3, 0.4) is 0 Å². The molecule has 79 heavy (non-hydrogen) atoms. The highest BCUT2D eigenvalue weighted by atomic mass is 16.7. The predicted molar refractivity (Wildman–Crippen MR) is 329 cm³/mol. The summed E-state index contributed by atoms with van der Waals surface area (Å²) in [6.45, 7) is 4.33. The SMILES string of the molecule is CCCC/C=C\CCCCCCCC(=O)OCCCCCCCCCCCCCC/C=C\CCCCCCCCCCCCC(=O)NC(COC1OC(CO)C(O)C(O)C1O)C(O)/C=C/CCCCCCCCCCCCCC. The first-order valence-corrected chi connectivity index (χ1v) is 33.8. The van der Waals surface area contributed by atoms with Crippen LogP contribution in [0.25, 0.3) is 0 Å². The number of carbonyl (C=O) groups is 2. The number of aliphatic hydroxyl groups excluding tert-OH is 5. The Morgan fingerprint density at radius 2 is 0.823 bits per heavy atom. The monoisotopic (exact) mass is 1120 g/mol. The minimum absolute atomic E-state index is 0.00674. The van der Waals surface area contributed by atoms with E-state index >= 15 is 0 Å². The first kappa shape index (κ1) is 74.9. The first-order valence-electron chi connectivity index (χ1n) is 33.8.